The first kappa shape index (κ1) is 19.3. The van der Waals surface area contributed by atoms with E-state index in [-0.39, 0.29) is 18.3 Å². The third kappa shape index (κ3) is 4.00. The lowest BCUT2D eigenvalue weighted by molar-refractivity contribution is -0.125. The van der Waals surface area contributed by atoms with Crippen LogP contribution in [0.1, 0.15) is 54.4 Å². The van der Waals surface area contributed by atoms with Gasteiger partial charge in [0.2, 0.25) is 0 Å². The number of carbonyl (C=O) groups is 2. The highest BCUT2D eigenvalue weighted by molar-refractivity contribution is 6.08. The van der Waals surface area contributed by atoms with E-state index in [0.717, 1.165) is 24.3 Å². The summed E-state index contributed by atoms with van der Waals surface area (Å²) >= 11 is 0. The van der Waals surface area contributed by atoms with Gasteiger partial charge in [-0.25, -0.2) is 0 Å². The quantitative estimate of drug-likeness (QED) is 0.686. The monoisotopic (exact) mass is 403 g/mol. The molecule has 6 rings (SSSR count). The molecule has 0 aromatic heterocycles. The summed E-state index contributed by atoms with van der Waals surface area (Å²) in [6.45, 7) is 0.807. The maximum Gasteiger partial charge on any atom is 0.257 e. The Kier molecular flexibility index (Phi) is 5.10. The molecule has 1 N–H and O–H groups in total. The van der Waals surface area contributed by atoms with Crippen molar-refractivity contribution in [2.45, 2.75) is 38.5 Å². The predicted molar refractivity (Wildman–Crippen MR) is 115 cm³/mol. The maximum absolute atomic E-state index is 12.5. The average molecular weight is 404 g/mol. The van der Waals surface area contributed by atoms with Crippen LogP contribution in [-0.2, 0) is 4.79 Å². The Morgan fingerprint density at radius 2 is 1.40 bits per heavy atom. The zero-order valence-electron chi connectivity index (χ0n) is 17.3. The molecule has 4 saturated carbocycles. The molecular weight excluding hydrogens is 374 g/mol. The summed E-state index contributed by atoms with van der Waals surface area (Å²) in [6, 6.07) is 16.2. The molecule has 0 spiro atoms. The largest absolute Gasteiger partial charge is 0.484 e. The van der Waals surface area contributed by atoms with Crippen LogP contribution in [-0.4, -0.2) is 24.8 Å². The lowest BCUT2D eigenvalue weighted by Gasteiger charge is -2.56. The van der Waals surface area contributed by atoms with E-state index >= 15 is 0 Å². The Balaban J connectivity index is 1.11. The van der Waals surface area contributed by atoms with Crippen molar-refractivity contribution in [1.29, 1.82) is 0 Å². The summed E-state index contributed by atoms with van der Waals surface area (Å²) in [4.78, 5) is 24.8. The van der Waals surface area contributed by atoms with Gasteiger partial charge in [-0.2, -0.15) is 0 Å². The Labute approximate surface area is 178 Å². The topological polar surface area (TPSA) is 55.4 Å². The Morgan fingerprint density at radius 1 is 0.833 bits per heavy atom. The summed E-state index contributed by atoms with van der Waals surface area (Å²) in [5, 5.41) is 3.14. The third-order valence-electron chi connectivity index (χ3n) is 7.35. The fourth-order valence-corrected chi connectivity index (χ4v) is 6.45. The molecule has 1 amide bonds. The lowest BCUT2D eigenvalue weighted by Crippen LogP contribution is -2.51. The fraction of sp³-hybridized carbons (Fsp3) is 0.462. The van der Waals surface area contributed by atoms with Gasteiger partial charge in [0.1, 0.15) is 5.75 Å². The van der Waals surface area contributed by atoms with Gasteiger partial charge < -0.3 is 10.1 Å². The molecule has 0 aliphatic heterocycles. The summed E-state index contributed by atoms with van der Waals surface area (Å²) in [7, 11) is 0. The van der Waals surface area contributed by atoms with E-state index in [0.29, 0.717) is 22.3 Å². The Morgan fingerprint density at radius 3 is 2.00 bits per heavy atom. The molecular formula is C26H29NO3. The van der Waals surface area contributed by atoms with Crippen molar-refractivity contribution in [2.75, 3.05) is 13.2 Å². The van der Waals surface area contributed by atoms with E-state index < -0.39 is 0 Å². The molecule has 4 aliphatic rings. The van der Waals surface area contributed by atoms with Crippen molar-refractivity contribution in [2.24, 2.45) is 23.2 Å². The SMILES string of the molecule is O=C(COc1ccc(C(=O)c2ccccc2)cc1)NCC12CC3CC(CC(C3)C1)C2. The minimum absolute atomic E-state index is 0.0122. The number of nitrogens with one attached hydrogen (secondary N) is 1. The molecule has 2 aromatic rings. The van der Waals surface area contributed by atoms with E-state index in [2.05, 4.69) is 5.32 Å². The Bertz CT molecular complexity index is 884. The van der Waals surface area contributed by atoms with Gasteiger partial charge in [0.25, 0.3) is 5.91 Å². The van der Waals surface area contributed by atoms with Crippen molar-refractivity contribution in [3.63, 3.8) is 0 Å². The van der Waals surface area contributed by atoms with Gasteiger partial charge in [-0.15, -0.1) is 0 Å². The lowest BCUT2D eigenvalue weighted by atomic mass is 9.49. The summed E-state index contributed by atoms with van der Waals surface area (Å²) < 4.78 is 5.66. The molecule has 4 fully saturated rings. The molecule has 0 atom stereocenters. The highest BCUT2D eigenvalue weighted by Gasteiger charge is 2.50. The molecule has 0 radical (unpaired) electrons. The minimum Gasteiger partial charge on any atom is -0.484 e. The van der Waals surface area contributed by atoms with E-state index in [1.807, 2.05) is 18.2 Å². The maximum atomic E-state index is 12.5. The van der Waals surface area contributed by atoms with E-state index in [1.165, 1.54) is 38.5 Å². The number of ketones is 1. The van der Waals surface area contributed by atoms with Gasteiger partial charge >= 0.3 is 0 Å². The molecule has 4 aliphatic carbocycles. The van der Waals surface area contributed by atoms with Crippen LogP contribution in [0.2, 0.25) is 0 Å². The van der Waals surface area contributed by atoms with Crippen LogP contribution in [0.3, 0.4) is 0 Å². The van der Waals surface area contributed by atoms with Crippen LogP contribution in [0.25, 0.3) is 0 Å². The van der Waals surface area contributed by atoms with Crippen LogP contribution < -0.4 is 10.1 Å². The van der Waals surface area contributed by atoms with Gasteiger partial charge in [-0.3, -0.25) is 9.59 Å². The van der Waals surface area contributed by atoms with Crippen LogP contribution in [0, 0.1) is 23.2 Å². The van der Waals surface area contributed by atoms with Gasteiger partial charge in [0.05, 0.1) is 0 Å². The van der Waals surface area contributed by atoms with Gasteiger partial charge in [0, 0.05) is 17.7 Å². The van der Waals surface area contributed by atoms with Crippen molar-refractivity contribution in [3.8, 4) is 5.75 Å². The molecule has 4 nitrogen and oxygen atoms in total. The number of benzene rings is 2. The standard InChI is InChI=1S/C26H29NO3/c28-24(27-17-26-13-18-10-19(14-26)12-20(11-18)15-26)16-30-23-8-6-22(7-9-23)25(29)21-4-2-1-3-5-21/h1-9,18-20H,10-17H2,(H,27,28). The number of hydrogen-bond donors (Lipinski definition) is 1. The van der Waals surface area contributed by atoms with Crippen LogP contribution in [0.15, 0.2) is 54.6 Å². The van der Waals surface area contributed by atoms with Crippen LogP contribution in [0.4, 0.5) is 0 Å². The first-order valence-corrected chi connectivity index (χ1v) is 11.2. The Hall–Kier alpha value is -2.62. The second-order valence-corrected chi connectivity index (χ2v) is 9.70. The first-order chi connectivity index (χ1) is 14.6. The molecule has 0 saturated heterocycles. The van der Waals surface area contributed by atoms with Gasteiger partial charge in [-0.1, -0.05) is 30.3 Å². The fourth-order valence-electron chi connectivity index (χ4n) is 6.45. The second kappa shape index (κ2) is 7.90. The van der Waals surface area contributed by atoms with Crippen molar-refractivity contribution >= 4 is 11.7 Å². The molecule has 4 bridgehead atoms. The third-order valence-corrected chi connectivity index (χ3v) is 7.35. The molecule has 0 heterocycles. The molecule has 156 valence electrons. The first-order valence-electron chi connectivity index (χ1n) is 11.2. The number of hydrogen-bond acceptors (Lipinski definition) is 3. The molecule has 2 aromatic carbocycles. The van der Waals surface area contributed by atoms with Crippen molar-refractivity contribution in [3.05, 3.63) is 65.7 Å². The molecule has 4 heteroatoms. The van der Waals surface area contributed by atoms with Crippen molar-refractivity contribution < 1.29 is 14.3 Å². The summed E-state index contributed by atoms with van der Waals surface area (Å²) in [5.74, 6) is 3.19. The average Bonchev–Trinajstić information content (AvgIpc) is 2.76. The number of rotatable bonds is 7. The number of carbonyl (C=O) groups excluding carboxylic acids is 2. The second-order valence-electron chi connectivity index (χ2n) is 9.70. The normalized spacial score (nSPS) is 28.9. The highest BCUT2D eigenvalue weighted by Crippen LogP contribution is 2.59. The predicted octanol–water partition coefficient (Wildman–Crippen LogP) is 4.63. The zero-order valence-corrected chi connectivity index (χ0v) is 17.3. The van der Waals surface area contributed by atoms with Crippen molar-refractivity contribution in [1.82, 2.24) is 5.32 Å². The minimum atomic E-state index is -0.0600. The number of amides is 1. The van der Waals surface area contributed by atoms with Crippen LogP contribution in [0.5, 0.6) is 5.75 Å². The highest BCUT2D eigenvalue weighted by atomic mass is 16.5. The molecule has 0 unspecified atom stereocenters. The summed E-state index contributed by atoms with van der Waals surface area (Å²) in [6.07, 6.45) is 8.11. The van der Waals surface area contributed by atoms with Gasteiger partial charge in [0.15, 0.2) is 12.4 Å². The van der Waals surface area contributed by atoms with E-state index in [1.54, 1.807) is 36.4 Å². The smallest absolute Gasteiger partial charge is 0.257 e. The molecule has 30 heavy (non-hydrogen) atoms. The van der Waals surface area contributed by atoms with E-state index in [4.69, 9.17) is 4.74 Å². The summed E-state index contributed by atoms with van der Waals surface area (Å²) in [5.41, 5.74) is 1.61. The van der Waals surface area contributed by atoms with Crippen LogP contribution >= 0.6 is 0 Å². The van der Waals surface area contributed by atoms with Gasteiger partial charge in [-0.05, 0) is 86.0 Å². The zero-order chi connectivity index (χ0) is 20.6. The number of ether oxygens (including phenoxy) is 1. The van der Waals surface area contributed by atoms with E-state index in [9.17, 15) is 9.59 Å².